The monoisotopic (exact) mass is 357 g/mol. The molecule has 1 saturated heterocycles. The van der Waals surface area contributed by atoms with E-state index in [1.807, 2.05) is 0 Å². The van der Waals surface area contributed by atoms with Crippen molar-refractivity contribution in [2.75, 3.05) is 11.9 Å². The molecule has 138 valence electrons. The third-order valence-corrected chi connectivity index (χ3v) is 4.78. The van der Waals surface area contributed by atoms with Gasteiger partial charge in [-0.2, -0.15) is 27.8 Å². The van der Waals surface area contributed by atoms with Crippen molar-refractivity contribution in [1.82, 2.24) is 19.6 Å². The van der Waals surface area contributed by atoms with Gasteiger partial charge in [-0.3, -0.25) is 0 Å². The summed E-state index contributed by atoms with van der Waals surface area (Å²) in [5.41, 5.74) is -0.973. The number of nitrogens with one attached hydrogen (secondary N) is 1. The van der Waals surface area contributed by atoms with Gasteiger partial charge in [0.1, 0.15) is 12.1 Å². The lowest BCUT2D eigenvalue weighted by Crippen LogP contribution is -2.38. The Morgan fingerprint density at radius 3 is 2.80 bits per heavy atom. The lowest BCUT2D eigenvalue weighted by atomic mass is 9.89. The van der Waals surface area contributed by atoms with E-state index in [9.17, 15) is 13.2 Å². The first kappa shape index (κ1) is 17.9. The Kier molecular flexibility index (Phi) is 5.12. The number of ether oxygens (including phenoxy) is 1. The summed E-state index contributed by atoms with van der Waals surface area (Å²) in [4.78, 5) is 7.32. The Balaban J connectivity index is 1.83. The maximum Gasteiger partial charge on any atom is 0.433 e. The van der Waals surface area contributed by atoms with Crippen molar-refractivity contribution >= 4 is 11.6 Å². The van der Waals surface area contributed by atoms with Gasteiger partial charge in [0.25, 0.3) is 5.78 Å². The van der Waals surface area contributed by atoms with Crippen molar-refractivity contribution in [3.8, 4) is 0 Å². The van der Waals surface area contributed by atoms with E-state index in [2.05, 4.69) is 34.2 Å². The summed E-state index contributed by atoms with van der Waals surface area (Å²) in [7, 11) is 0. The molecule has 1 aliphatic heterocycles. The van der Waals surface area contributed by atoms with Crippen LogP contribution in [0.3, 0.4) is 0 Å². The van der Waals surface area contributed by atoms with Crippen molar-refractivity contribution in [3.05, 3.63) is 18.1 Å². The fraction of sp³-hybridized carbons (Fsp3) is 0.688. The SMILES string of the molecule is CCC(CC)C1CC(Nc2cc(C(F)(F)F)nc3ncnn23)CCO1. The van der Waals surface area contributed by atoms with E-state index >= 15 is 0 Å². The van der Waals surface area contributed by atoms with Crippen LogP contribution in [0.2, 0.25) is 0 Å². The standard InChI is InChI=1S/C16H22F3N5O/c1-3-10(4-2)12-7-11(5-6-25-12)22-14-8-13(16(17,18)19)23-15-20-9-21-24(14)15/h8-12,22H,3-7H2,1-2H3. The van der Waals surface area contributed by atoms with Crippen molar-refractivity contribution in [2.24, 2.45) is 5.92 Å². The summed E-state index contributed by atoms with van der Waals surface area (Å²) < 4.78 is 46.4. The summed E-state index contributed by atoms with van der Waals surface area (Å²) in [5.74, 6) is 0.644. The van der Waals surface area contributed by atoms with Crippen LogP contribution in [0.15, 0.2) is 12.4 Å². The van der Waals surface area contributed by atoms with Crippen LogP contribution in [-0.4, -0.2) is 38.3 Å². The molecule has 1 fully saturated rings. The van der Waals surface area contributed by atoms with E-state index in [-0.39, 0.29) is 23.7 Å². The molecule has 0 spiro atoms. The highest BCUT2D eigenvalue weighted by molar-refractivity contribution is 5.46. The minimum Gasteiger partial charge on any atom is -0.378 e. The number of aromatic nitrogens is 4. The number of hydrogen-bond acceptors (Lipinski definition) is 5. The van der Waals surface area contributed by atoms with E-state index in [1.54, 1.807) is 0 Å². The molecule has 0 radical (unpaired) electrons. The first-order chi connectivity index (χ1) is 11.9. The molecule has 9 heteroatoms. The highest BCUT2D eigenvalue weighted by atomic mass is 19.4. The van der Waals surface area contributed by atoms with Crippen LogP contribution < -0.4 is 5.32 Å². The van der Waals surface area contributed by atoms with Gasteiger partial charge in [-0.25, -0.2) is 4.98 Å². The molecule has 2 aromatic heterocycles. The van der Waals surface area contributed by atoms with Crippen LogP contribution in [-0.2, 0) is 10.9 Å². The number of fused-ring (bicyclic) bond motifs is 1. The van der Waals surface area contributed by atoms with Crippen LogP contribution in [0.4, 0.5) is 19.0 Å². The fourth-order valence-corrected chi connectivity index (χ4v) is 3.37. The summed E-state index contributed by atoms with van der Waals surface area (Å²) in [6, 6.07) is 1.01. The molecule has 0 saturated carbocycles. The van der Waals surface area contributed by atoms with Crippen LogP contribution >= 0.6 is 0 Å². The Morgan fingerprint density at radius 2 is 2.12 bits per heavy atom. The maximum absolute atomic E-state index is 13.1. The number of rotatable bonds is 5. The molecule has 2 atom stereocenters. The lowest BCUT2D eigenvalue weighted by Gasteiger charge is -2.34. The molecular weight excluding hydrogens is 335 g/mol. The maximum atomic E-state index is 13.1. The predicted molar refractivity (Wildman–Crippen MR) is 86.2 cm³/mol. The van der Waals surface area contributed by atoms with Crippen molar-refractivity contribution < 1.29 is 17.9 Å². The largest absolute Gasteiger partial charge is 0.433 e. The third kappa shape index (κ3) is 3.86. The first-order valence-electron chi connectivity index (χ1n) is 8.58. The number of anilines is 1. The molecule has 0 aliphatic carbocycles. The molecule has 0 aromatic carbocycles. The van der Waals surface area contributed by atoms with Gasteiger partial charge < -0.3 is 10.1 Å². The summed E-state index contributed by atoms with van der Waals surface area (Å²) in [5, 5.41) is 7.17. The zero-order valence-electron chi connectivity index (χ0n) is 14.3. The van der Waals surface area contributed by atoms with Gasteiger partial charge in [0, 0.05) is 18.7 Å². The molecule has 6 nitrogen and oxygen atoms in total. The smallest absolute Gasteiger partial charge is 0.378 e. The van der Waals surface area contributed by atoms with Gasteiger partial charge in [-0.05, 0) is 18.8 Å². The minimum absolute atomic E-state index is 0.0234. The Hall–Kier alpha value is -1.90. The molecule has 2 unspecified atom stereocenters. The van der Waals surface area contributed by atoms with Crippen LogP contribution in [0.1, 0.15) is 45.2 Å². The van der Waals surface area contributed by atoms with Gasteiger partial charge in [-0.15, -0.1) is 0 Å². The van der Waals surface area contributed by atoms with Gasteiger partial charge in [-0.1, -0.05) is 26.7 Å². The highest BCUT2D eigenvalue weighted by Crippen LogP contribution is 2.31. The lowest BCUT2D eigenvalue weighted by molar-refractivity contribution is -0.141. The Bertz CT molecular complexity index is 713. The van der Waals surface area contributed by atoms with Crippen molar-refractivity contribution in [3.63, 3.8) is 0 Å². The second kappa shape index (κ2) is 7.15. The van der Waals surface area contributed by atoms with E-state index in [0.717, 1.165) is 31.7 Å². The van der Waals surface area contributed by atoms with Crippen molar-refractivity contribution in [2.45, 2.75) is 57.9 Å². The summed E-state index contributed by atoms with van der Waals surface area (Å²) in [6.07, 6.45) is 0.325. The quantitative estimate of drug-likeness (QED) is 0.887. The Labute approximate surface area is 143 Å². The molecule has 0 amide bonds. The van der Waals surface area contributed by atoms with Gasteiger partial charge in [0.15, 0.2) is 5.69 Å². The number of halogens is 3. The van der Waals surface area contributed by atoms with Crippen LogP contribution in [0.5, 0.6) is 0 Å². The highest BCUT2D eigenvalue weighted by Gasteiger charge is 2.35. The second-order valence-electron chi connectivity index (χ2n) is 6.35. The third-order valence-electron chi connectivity index (χ3n) is 4.78. The summed E-state index contributed by atoms with van der Waals surface area (Å²) >= 11 is 0. The number of alkyl halides is 3. The molecule has 25 heavy (non-hydrogen) atoms. The molecular formula is C16H22F3N5O. The van der Waals surface area contributed by atoms with Gasteiger partial charge in [0.2, 0.25) is 0 Å². The topological polar surface area (TPSA) is 64.3 Å². The average Bonchev–Trinajstić information content (AvgIpc) is 3.04. The van der Waals surface area contributed by atoms with Crippen LogP contribution in [0.25, 0.3) is 5.78 Å². The van der Waals surface area contributed by atoms with Crippen LogP contribution in [0, 0.1) is 5.92 Å². The zero-order chi connectivity index (χ0) is 18.0. The fourth-order valence-electron chi connectivity index (χ4n) is 3.37. The first-order valence-corrected chi connectivity index (χ1v) is 8.58. The molecule has 1 aliphatic rings. The minimum atomic E-state index is -4.53. The van der Waals surface area contributed by atoms with Gasteiger partial charge >= 0.3 is 6.18 Å². The number of nitrogens with zero attached hydrogens (tertiary/aromatic N) is 4. The average molecular weight is 357 g/mol. The molecule has 3 rings (SSSR count). The van der Waals surface area contributed by atoms with E-state index in [0.29, 0.717) is 12.5 Å². The zero-order valence-corrected chi connectivity index (χ0v) is 14.3. The van der Waals surface area contributed by atoms with E-state index in [4.69, 9.17) is 4.74 Å². The summed E-state index contributed by atoms with van der Waals surface area (Å²) in [6.45, 7) is 4.86. The van der Waals surface area contributed by atoms with E-state index in [1.165, 1.54) is 10.8 Å². The second-order valence-corrected chi connectivity index (χ2v) is 6.35. The Morgan fingerprint density at radius 1 is 1.36 bits per heavy atom. The molecule has 0 bridgehead atoms. The normalized spacial score (nSPS) is 21.8. The molecule has 3 heterocycles. The molecule has 2 aromatic rings. The van der Waals surface area contributed by atoms with E-state index < -0.39 is 11.9 Å². The van der Waals surface area contributed by atoms with Crippen molar-refractivity contribution in [1.29, 1.82) is 0 Å². The van der Waals surface area contributed by atoms with Gasteiger partial charge in [0.05, 0.1) is 6.10 Å². The molecule has 1 N–H and O–H groups in total. The number of hydrogen-bond donors (Lipinski definition) is 1. The predicted octanol–water partition coefficient (Wildman–Crippen LogP) is 3.54.